The molecule has 1 heterocycles. The molecule has 0 radical (unpaired) electrons. The molecule has 0 saturated heterocycles. The second-order valence-corrected chi connectivity index (χ2v) is 4.34. The summed E-state index contributed by atoms with van der Waals surface area (Å²) in [5.74, 6) is 0. The van der Waals surface area contributed by atoms with Crippen molar-refractivity contribution in [3.8, 4) is 0 Å². The zero-order valence-corrected chi connectivity index (χ0v) is 10.3. The minimum absolute atomic E-state index is 0.161. The number of hydrogen-bond acceptors (Lipinski definition) is 2. The second-order valence-electron chi connectivity index (χ2n) is 3.93. The van der Waals surface area contributed by atoms with E-state index >= 15 is 0 Å². The van der Waals surface area contributed by atoms with Gasteiger partial charge in [0.05, 0.1) is 0 Å². The van der Waals surface area contributed by atoms with E-state index in [4.69, 9.17) is 11.6 Å². The fraction of sp³-hybridized carbons (Fsp3) is 0.154. The molecule has 0 bridgehead atoms. The Morgan fingerprint density at radius 3 is 2.26 bits per heavy atom. The highest BCUT2D eigenvalue weighted by Gasteiger charge is 2.57. The number of pyridine rings is 1. The molecule has 1 atom stereocenters. The minimum Gasteiger partial charge on any atom is -0.372 e. The lowest BCUT2D eigenvalue weighted by atomic mass is 9.86. The van der Waals surface area contributed by atoms with E-state index < -0.39 is 17.3 Å². The smallest absolute Gasteiger partial charge is 0.372 e. The Morgan fingerprint density at radius 2 is 1.74 bits per heavy atom. The second kappa shape index (κ2) is 4.83. The van der Waals surface area contributed by atoms with Crippen molar-refractivity contribution in [2.75, 3.05) is 0 Å². The normalized spacial score (nSPS) is 15.0. The van der Waals surface area contributed by atoms with Crippen LogP contribution in [-0.2, 0) is 5.60 Å². The summed E-state index contributed by atoms with van der Waals surface area (Å²) in [5, 5.41) is 10.1. The molecule has 0 amide bonds. The van der Waals surface area contributed by atoms with Crippen LogP contribution in [0.5, 0.6) is 0 Å². The number of benzene rings is 1. The summed E-state index contributed by atoms with van der Waals surface area (Å²) >= 11 is 5.78. The first-order valence-electron chi connectivity index (χ1n) is 5.32. The van der Waals surface area contributed by atoms with Crippen molar-refractivity contribution in [3.63, 3.8) is 0 Å². The van der Waals surface area contributed by atoms with Gasteiger partial charge in [-0.15, -0.1) is 0 Å². The first kappa shape index (κ1) is 13.8. The van der Waals surface area contributed by atoms with Crippen LogP contribution in [0.25, 0.3) is 0 Å². The topological polar surface area (TPSA) is 33.1 Å². The van der Waals surface area contributed by atoms with Crippen molar-refractivity contribution in [1.29, 1.82) is 0 Å². The van der Waals surface area contributed by atoms with Crippen molar-refractivity contribution < 1.29 is 18.3 Å². The van der Waals surface area contributed by atoms with E-state index in [-0.39, 0.29) is 10.6 Å². The van der Waals surface area contributed by atoms with Crippen molar-refractivity contribution in [3.05, 3.63) is 64.9 Å². The van der Waals surface area contributed by atoms with Crippen LogP contribution in [-0.4, -0.2) is 16.3 Å². The molecule has 0 fully saturated rings. The van der Waals surface area contributed by atoms with E-state index in [2.05, 4.69) is 4.98 Å². The lowest BCUT2D eigenvalue weighted by Crippen LogP contribution is -2.43. The SMILES string of the molecule is OC(c1cccnc1)(c1ccccc1Cl)C(F)(F)F. The maximum atomic E-state index is 13.3. The van der Waals surface area contributed by atoms with Gasteiger partial charge >= 0.3 is 6.18 Å². The molecule has 2 nitrogen and oxygen atoms in total. The summed E-state index contributed by atoms with van der Waals surface area (Å²) in [6.07, 6.45) is -2.62. The molecule has 100 valence electrons. The third kappa shape index (κ3) is 2.31. The Kier molecular flexibility index (Phi) is 3.52. The van der Waals surface area contributed by atoms with Gasteiger partial charge in [0.2, 0.25) is 5.60 Å². The van der Waals surface area contributed by atoms with Gasteiger partial charge in [0, 0.05) is 28.5 Å². The maximum Gasteiger partial charge on any atom is 0.425 e. The van der Waals surface area contributed by atoms with Gasteiger partial charge in [-0.2, -0.15) is 13.2 Å². The summed E-state index contributed by atoms with van der Waals surface area (Å²) in [4.78, 5) is 3.62. The molecule has 0 spiro atoms. The molecule has 0 aliphatic rings. The van der Waals surface area contributed by atoms with Crippen LogP contribution in [0, 0.1) is 0 Å². The van der Waals surface area contributed by atoms with Crippen LogP contribution in [0.1, 0.15) is 11.1 Å². The third-order valence-electron chi connectivity index (χ3n) is 2.75. The average Bonchev–Trinajstić information content (AvgIpc) is 2.38. The third-order valence-corrected chi connectivity index (χ3v) is 3.08. The standard InChI is InChI=1S/C13H9ClF3NO/c14-11-6-2-1-5-10(11)12(19,13(15,16)17)9-4-3-7-18-8-9/h1-8,19H. The Hall–Kier alpha value is -1.59. The zero-order chi connectivity index (χ0) is 14.1. The van der Waals surface area contributed by atoms with Gasteiger partial charge in [0.15, 0.2) is 0 Å². The minimum atomic E-state index is -4.92. The molecule has 1 aromatic carbocycles. The van der Waals surface area contributed by atoms with Gasteiger partial charge in [-0.3, -0.25) is 4.98 Å². The van der Waals surface area contributed by atoms with E-state index in [0.29, 0.717) is 0 Å². The Bertz CT molecular complexity index is 574. The van der Waals surface area contributed by atoms with Gasteiger partial charge in [-0.25, -0.2) is 0 Å². The maximum absolute atomic E-state index is 13.3. The number of aromatic nitrogens is 1. The van der Waals surface area contributed by atoms with Crippen LogP contribution in [0.4, 0.5) is 13.2 Å². The molecule has 2 rings (SSSR count). The quantitative estimate of drug-likeness (QED) is 0.916. The van der Waals surface area contributed by atoms with Crippen LogP contribution < -0.4 is 0 Å². The number of halogens is 4. The molecular weight excluding hydrogens is 279 g/mol. The molecule has 0 aliphatic heterocycles. The van der Waals surface area contributed by atoms with E-state index in [1.54, 1.807) is 0 Å². The molecular formula is C13H9ClF3NO. The molecule has 2 aromatic rings. The largest absolute Gasteiger partial charge is 0.425 e. The molecule has 19 heavy (non-hydrogen) atoms. The molecule has 6 heteroatoms. The fourth-order valence-corrected chi connectivity index (χ4v) is 2.08. The molecule has 0 aliphatic carbocycles. The fourth-order valence-electron chi connectivity index (χ4n) is 1.80. The number of alkyl halides is 3. The monoisotopic (exact) mass is 287 g/mol. The highest BCUT2D eigenvalue weighted by Crippen LogP contribution is 2.45. The van der Waals surface area contributed by atoms with Gasteiger partial charge in [-0.1, -0.05) is 35.9 Å². The van der Waals surface area contributed by atoms with Crippen LogP contribution >= 0.6 is 11.6 Å². The summed E-state index contributed by atoms with van der Waals surface area (Å²) in [5.41, 5.74) is -3.98. The van der Waals surface area contributed by atoms with Gasteiger partial charge < -0.3 is 5.11 Å². The molecule has 1 aromatic heterocycles. The highest BCUT2D eigenvalue weighted by atomic mass is 35.5. The highest BCUT2D eigenvalue weighted by molar-refractivity contribution is 6.31. The molecule has 1 unspecified atom stereocenters. The van der Waals surface area contributed by atoms with E-state index in [0.717, 1.165) is 18.3 Å². The Labute approximate surface area is 112 Å². The lowest BCUT2D eigenvalue weighted by molar-refractivity contribution is -0.248. The van der Waals surface area contributed by atoms with E-state index in [1.807, 2.05) is 0 Å². The summed E-state index contributed by atoms with van der Waals surface area (Å²) in [6, 6.07) is 7.79. The van der Waals surface area contributed by atoms with E-state index in [1.165, 1.54) is 30.5 Å². The first-order valence-corrected chi connectivity index (χ1v) is 5.70. The number of hydrogen-bond donors (Lipinski definition) is 1. The summed E-state index contributed by atoms with van der Waals surface area (Å²) < 4.78 is 40.0. The predicted molar refractivity (Wildman–Crippen MR) is 64.7 cm³/mol. The van der Waals surface area contributed by atoms with Crippen molar-refractivity contribution >= 4 is 11.6 Å². The Morgan fingerprint density at radius 1 is 1.05 bits per heavy atom. The number of aliphatic hydroxyl groups is 1. The molecule has 1 N–H and O–H groups in total. The van der Waals surface area contributed by atoms with Gasteiger partial charge in [0.25, 0.3) is 0 Å². The average molecular weight is 288 g/mol. The van der Waals surface area contributed by atoms with Crippen LogP contribution in [0.15, 0.2) is 48.8 Å². The van der Waals surface area contributed by atoms with Crippen LogP contribution in [0.2, 0.25) is 5.02 Å². The van der Waals surface area contributed by atoms with E-state index in [9.17, 15) is 18.3 Å². The zero-order valence-electron chi connectivity index (χ0n) is 9.53. The van der Waals surface area contributed by atoms with Crippen LogP contribution in [0.3, 0.4) is 0 Å². The first-order chi connectivity index (χ1) is 8.87. The van der Waals surface area contributed by atoms with Crippen molar-refractivity contribution in [2.45, 2.75) is 11.8 Å². The van der Waals surface area contributed by atoms with Crippen molar-refractivity contribution in [2.24, 2.45) is 0 Å². The predicted octanol–water partition coefficient (Wildman–Crippen LogP) is 3.53. The van der Waals surface area contributed by atoms with Gasteiger partial charge in [-0.05, 0) is 12.1 Å². The summed E-state index contributed by atoms with van der Waals surface area (Å²) in [6.45, 7) is 0. The summed E-state index contributed by atoms with van der Waals surface area (Å²) in [7, 11) is 0. The Balaban J connectivity index is 2.71. The van der Waals surface area contributed by atoms with Crippen molar-refractivity contribution in [1.82, 2.24) is 4.98 Å². The number of nitrogens with zero attached hydrogens (tertiary/aromatic N) is 1. The number of rotatable bonds is 2. The molecule has 0 saturated carbocycles. The van der Waals surface area contributed by atoms with Gasteiger partial charge in [0.1, 0.15) is 0 Å². The lowest BCUT2D eigenvalue weighted by Gasteiger charge is -2.31.